The van der Waals surface area contributed by atoms with Gasteiger partial charge in [-0.1, -0.05) is 6.07 Å². The number of likely N-dealkylation sites (tertiary alicyclic amines) is 1. The SMILES string of the molecule is O=C(c1nsc2cc(NC3=NCc4cccnc43)ccc12)N1CCCC(F)(F)C1. The number of nitrogens with one attached hydrogen (secondary N) is 1. The van der Waals surface area contributed by atoms with Crippen LogP contribution in [0.3, 0.4) is 0 Å². The highest BCUT2D eigenvalue weighted by Gasteiger charge is 2.38. The third kappa shape index (κ3) is 3.35. The predicted molar refractivity (Wildman–Crippen MR) is 108 cm³/mol. The smallest absolute Gasteiger partial charge is 0.274 e. The second-order valence-electron chi connectivity index (χ2n) is 7.23. The molecule has 1 saturated heterocycles. The minimum Gasteiger partial charge on any atom is -0.339 e. The third-order valence-corrected chi connectivity index (χ3v) is 5.95. The van der Waals surface area contributed by atoms with E-state index in [2.05, 4.69) is 19.7 Å². The van der Waals surface area contributed by atoms with Crippen LogP contribution in [-0.4, -0.2) is 45.0 Å². The molecule has 2 aromatic heterocycles. The Kier molecular flexibility index (Phi) is 4.27. The molecule has 3 aromatic rings. The lowest BCUT2D eigenvalue weighted by molar-refractivity contribution is -0.0560. The molecule has 29 heavy (non-hydrogen) atoms. The molecular weight excluding hydrogens is 396 g/mol. The number of benzene rings is 1. The number of hydrogen-bond acceptors (Lipinski definition) is 6. The lowest BCUT2D eigenvalue weighted by Crippen LogP contribution is -2.45. The maximum absolute atomic E-state index is 13.7. The van der Waals surface area contributed by atoms with Gasteiger partial charge in [0.15, 0.2) is 5.84 Å². The van der Waals surface area contributed by atoms with Crippen molar-refractivity contribution >= 4 is 39.0 Å². The van der Waals surface area contributed by atoms with Crippen LogP contribution in [0.25, 0.3) is 10.1 Å². The molecule has 4 heterocycles. The van der Waals surface area contributed by atoms with Crippen LogP contribution in [0.4, 0.5) is 14.5 Å². The van der Waals surface area contributed by atoms with Crippen molar-refractivity contribution in [1.29, 1.82) is 0 Å². The zero-order valence-electron chi connectivity index (χ0n) is 15.4. The number of hydrogen-bond donors (Lipinski definition) is 1. The van der Waals surface area contributed by atoms with Crippen molar-refractivity contribution in [1.82, 2.24) is 14.3 Å². The maximum Gasteiger partial charge on any atom is 0.274 e. The van der Waals surface area contributed by atoms with Gasteiger partial charge >= 0.3 is 0 Å². The number of anilines is 1. The summed E-state index contributed by atoms with van der Waals surface area (Å²) >= 11 is 1.18. The van der Waals surface area contributed by atoms with Crippen LogP contribution >= 0.6 is 11.5 Å². The van der Waals surface area contributed by atoms with Gasteiger partial charge in [-0.25, -0.2) is 8.78 Å². The number of amidine groups is 1. The molecule has 0 atom stereocenters. The minimum absolute atomic E-state index is 0.175. The first-order valence-electron chi connectivity index (χ1n) is 9.32. The molecule has 2 aliphatic heterocycles. The molecule has 0 saturated carbocycles. The van der Waals surface area contributed by atoms with Gasteiger partial charge < -0.3 is 10.2 Å². The average Bonchev–Trinajstić information content (AvgIpc) is 3.31. The standard InChI is InChI=1S/C20H17F2N5OS/c21-20(22)6-2-8-27(11-20)19(28)17-14-5-4-13(9-15(14)29-26-17)25-18-16-12(10-24-18)3-1-7-23-16/h1,3-5,7,9H,2,6,8,10-11H2,(H,24,25). The number of fused-ring (bicyclic) bond motifs is 2. The number of alkyl halides is 2. The number of pyridine rings is 1. The van der Waals surface area contributed by atoms with Gasteiger partial charge in [0.25, 0.3) is 11.8 Å². The Bertz CT molecular complexity index is 1140. The zero-order valence-corrected chi connectivity index (χ0v) is 16.2. The van der Waals surface area contributed by atoms with Crippen LogP contribution in [0.5, 0.6) is 0 Å². The molecule has 9 heteroatoms. The van der Waals surface area contributed by atoms with Gasteiger partial charge in [-0.15, -0.1) is 0 Å². The number of aliphatic imine (C=N–C) groups is 1. The molecule has 0 spiro atoms. The van der Waals surface area contributed by atoms with E-state index in [1.165, 1.54) is 16.4 Å². The number of rotatable bonds is 2. The van der Waals surface area contributed by atoms with Crippen molar-refractivity contribution in [2.75, 3.05) is 18.4 Å². The highest BCUT2D eigenvalue weighted by atomic mass is 32.1. The molecular formula is C20H17F2N5OS. The van der Waals surface area contributed by atoms with Crippen molar-refractivity contribution in [3.8, 4) is 0 Å². The highest BCUT2D eigenvalue weighted by molar-refractivity contribution is 7.13. The van der Waals surface area contributed by atoms with E-state index in [0.717, 1.165) is 21.6 Å². The molecule has 0 radical (unpaired) electrons. The Morgan fingerprint density at radius 2 is 2.17 bits per heavy atom. The second kappa shape index (κ2) is 6.84. The summed E-state index contributed by atoms with van der Waals surface area (Å²) in [6, 6.07) is 9.40. The number of halogens is 2. The largest absolute Gasteiger partial charge is 0.339 e. The van der Waals surface area contributed by atoms with E-state index in [-0.39, 0.29) is 12.1 Å². The Balaban J connectivity index is 1.39. The van der Waals surface area contributed by atoms with Crippen molar-refractivity contribution in [2.45, 2.75) is 25.3 Å². The van der Waals surface area contributed by atoms with Crippen molar-refractivity contribution < 1.29 is 13.6 Å². The van der Waals surface area contributed by atoms with Crippen LogP contribution in [0.2, 0.25) is 0 Å². The summed E-state index contributed by atoms with van der Waals surface area (Å²) < 4.78 is 32.4. The first-order valence-corrected chi connectivity index (χ1v) is 10.1. The first-order chi connectivity index (χ1) is 14.0. The van der Waals surface area contributed by atoms with Gasteiger partial charge in [-0.05, 0) is 42.2 Å². The lowest BCUT2D eigenvalue weighted by Gasteiger charge is -2.32. The summed E-state index contributed by atoms with van der Waals surface area (Å²) in [5.74, 6) is -2.56. The maximum atomic E-state index is 13.7. The number of piperidine rings is 1. The fraction of sp³-hybridized carbons (Fsp3) is 0.300. The normalized spacial score (nSPS) is 17.9. The highest BCUT2D eigenvalue weighted by Crippen LogP contribution is 2.31. The minimum atomic E-state index is -2.83. The van der Waals surface area contributed by atoms with Crippen molar-refractivity contribution in [3.63, 3.8) is 0 Å². The van der Waals surface area contributed by atoms with E-state index in [1.807, 2.05) is 24.3 Å². The second-order valence-corrected chi connectivity index (χ2v) is 8.03. The Labute approximate surface area is 169 Å². The van der Waals surface area contributed by atoms with Crippen LogP contribution in [-0.2, 0) is 6.54 Å². The van der Waals surface area contributed by atoms with E-state index >= 15 is 0 Å². The summed E-state index contributed by atoms with van der Waals surface area (Å²) in [6.07, 6.45) is 1.85. The molecule has 1 aromatic carbocycles. The topological polar surface area (TPSA) is 70.5 Å². The molecule has 0 unspecified atom stereocenters. The molecule has 5 rings (SSSR count). The Morgan fingerprint density at radius 1 is 1.28 bits per heavy atom. The Hall–Kier alpha value is -2.94. The Morgan fingerprint density at radius 3 is 3.03 bits per heavy atom. The van der Waals surface area contributed by atoms with Gasteiger partial charge in [0.05, 0.1) is 17.8 Å². The molecule has 2 aliphatic rings. The number of carbonyl (C=O) groups is 1. The van der Waals surface area contributed by atoms with Crippen LogP contribution in [0.15, 0.2) is 41.5 Å². The molecule has 0 aliphatic carbocycles. The van der Waals surface area contributed by atoms with E-state index in [9.17, 15) is 13.6 Å². The molecule has 6 nitrogen and oxygen atoms in total. The third-order valence-electron chi connectivity index (χ3n) is 5.14. The summed E-state index contributed by atoms with van der Waals surface area (Å²) in [7, 11) is 0. The fourth-order valence-electron chi connectivity index (χ4n) is 3.71. The van der Waals surface area contributed by atoms with Crippen LogP contribution in [0.1, 0.15) is 34.6 Å². The first kappa shape index (κ1) is 18.1. The van der Waals surface area contributed by atoms with Crippen LogP contribution in [0, 0.1) is 0 Å². The van der Waals surface area contributed by atoms with Crippen molar-refractivity contribution in [2.24, 2.45) is 4.99 Å². The molecule has 0 bridgehead atoms. The fourth-order valence-corrected chi connectivity index (χ4v) is 4.52. The summed E-state index contributed by atoms with van der Waals surface area (Å²) in [4.78, 5) is 22.8. The summed E-state index contributed by atoms with van der Waals surface area (Å²) in [5, 5.41) is 3.95. The van der Waals surface area contributed by atoms with Gasteiger partial charge in [-0.2, -0.15) is 4.37 Å². The predicted octanol–water partition coefficient (Wildman–Crippen LogP) is 3.93. The van der Waals surface area contributed by atoms with Gasteiger partial charge in [0.1, 0.15) is 11.4 Å². The van der Waals surface area contributed by atoms with E-state index in [4.69, 9.17) is 0 Å². The van der Waals surface area contributed by atoms with Gasteiger partial charge in [0.2, 0.25) is 0 Å². The van der Waals surface area contributed by atoms with Crippen LogP contribution < -0.4 is 5.32 Å². The summed E-state index contributed by atoms with van der Waals surface area (Å²) in [5.41, 5.74) is 2.94. The van der Waals surface area contributed by atoms with E-state index in [1.54, 1.807) is 12.3 Å². The summed E-state index contributed by atoms with van der Waals surface area (Å²) in [6.45, 7) is 0.378. The molecule has 1 fully saturated rings. The monoisotopic (exact) mass is 413 g/mol. The number of nitrogens with zero attached hydrogens (tertiary/aromatic N) is 4. The quantitative estimate of drug-likeness (QED) is 0.691. The van der Waals surface area contributed by atoms with Gasteiger partial charge in [0, 0.05) is 35.8 Å². The van der Waals surface area contributed by atoms with E-state index < -0.39 is 18.4 Å². The zero-order chi connectivity index (χ0) is 20.0. The van der Waals surface area contributed by atoms with E-state index in [0.29, 0.717) is 30.7 Å². The molecule has 1 amide bonds. The van der Waals surface area contributed by atoms with Crippen molar-refractivity contribution in [3.05, 3.63) is 53.5 Å². The number of carbonyl (C=O) groups excluding carboxylic acids is 1. The molecule has 1 N–H and O–H groups in total. The number of aromatic nitrogens is 2. The van der Waals surface area contributed by atoms with Gasteiger partial charge in [-0.3, -0.25) is 14.8 Å². The molecule has 148 valence electrons. The average molecular weight is 413 g/mol. The number of amides is 1. The lowest BCUT2D eigenvalue weighted by atomic mass is 10.1.